The van der Waals surface area contributed by atoms with Crippen LogP contribution in [0, 0.1) is 0 Å². The highest BCUT2D eigenvalue weighted by atomic mass is 31.2. The second kappa shape index (κ2) is 41.3. The monoisotopic (exact) mass is 960 g/mol. The Labute approximate surface area is 400 Å². The molecule has 0 aromatic rings. The number of carbonyl (C=O) groups excluding carboxylic acids is 1. The minimum absolute atomic E-state index is 0.262. The van der Waals surface area contributed by atoms with Crippen LogP contribution in [0.25, 0.3) is 0 Å². The lowest BCUT2D eigenvalue weighted by atomic mass is 9.85. The van der Waals surface area contributed by atoms with Crippen LogP contribution in [0.2, 0.25) is 0 Å². The van der Waals surface area contributed by atoms with E-state index < -0.39 is 75.2 Å². The lowest BCUT2D eigenvalue weighted by Crippen LogP contribution is -2.64. The standard InChI is InChI=1S/C52H98NO12P/c1-3-5-7-9-11-13-15-17-19-21-22-23-24-26-28-30-32-34-36-38-40-45(55)44(42-64-66(62,63)65-52-50(60)48(58)47(57)49(59)51(52)61)53-46(56)41-43(54)39-37-35-33-31-29-27-25-20-18-16-14-12-10-8-6-4-2/h27,29-30,32,38,40,43-45,47-52,54-55,57-61H,3-26,28,31,33-37,39,41-42H2,1-2H3,(H,53,56)(H,62,63)/b29-27-,32-30+,40-38+. The van der Waals surface area contributed by atoms with Crippen molar-refractivity contribution in [1.29, 1.82) is 0 Å². The van der Waals surface area contributed by atoms with Crippen LogP contribution in [0.1, 0.15) is 226 Å². The van der Waals surface area contributed by atoms with Crippen molar-refractivity contribution in [3.63, 3.8) is 0 Å². The molecule has 66 heavy (non-hydrogen) atoms. The van der Waals surface area contributed by atoms with Gasteiger partial charge in [-0.1, -0.05) is 198 Å². The van der Waals surface area contributed by atoms with Crippen molar-refractivity contribution in [2.75, 3.05) is 6.61 Å². The Balaban J connectivity index is 2.51. The van der Waals surface area contributed by atoms with Gasteiger partial charge in [0.25, 0.3) is 0 Å². The average Bonchev–Trinajstić information content (AvgIpc) is 3.29. The Bertz CT molecular complexity index is 1270. The minimum Gasteiger partial charge on any atom is -0.393 e. The molecule has 0 spiro atoms. The first-order chi connectivity index (χ1) is 31.8. The van der Waals surface area contributed by atoms with Crippen LogP contribution in [-0.4, -0.2) is 108 Å². The summed E-state index contributed by atoms with van der Waals surface area (Å²) >= 11 is 0. The molecule has 1 amide bonds. The van der Waals surface area contributed by atoms with Gasteiger partial charge in [0.1, 0.15) is 36.6 Å². The highest BCUT2D eigenvalue weighted by Crippen LogP contribution is 2.47. The number of nitrogens with one attached hydrogen (secondary N) is 1. The van der Waals surface area contributed by atoms with Gasteiger partial charge in [-0.15, -0.1) is 0 Å². The SMILES string of the molecule is CCCCCCCCCCC/C=C\CCCCCC(O)CC(=O)NC(COP(=O)(O)OC1C(O)C(O)C(O)C(O)C1O)C(O)/C=C/CC/C=C/CCCCCCCCCCCCCCCC. The third-order valence-corrected chi connectivity index (χ3v) is 13.7. The van der Waals surface area contributed by atoms with E-state index in [-0.39, 0.29) is 6.42 Å². The molecular weight excluding hydrogens is 862 g/mol. The van der Waals surface area contributed by atoms with Crippen LogP contribution in [0.15, 0.2) is 36.5 Å². The zero-order valence-corrected chi connectivity index (χ0v) is 42.3. The van der Waals surface area contributed by atoms with Crippen molar-refractivity contribution < 1.29 is 59.0 Å². The van der Waals surface area contributed by atoms with E-state index >= 15 is 0 Å². The number of hydrogen-bond acceptors (Lipinski definition) is 11. The molecule has 1 aliphatic rings. The zero-order valence-electron chi connectivity index (χ0n) is 41.4. The van der Waals surface area contributed by atoms with E-state index in [0.717, 1.165) is 51.4 Å². The largest absolute Gasteiger partial charge is 0.472 e. The molecule has 8 unspecified atom stereocenters. The number of phosphoric acid groups is 1. The number of aliphatic hydroxyl groups excluding tert-OH is 7. The molecule has 388 valence electrons. The number of unbranched alkanes of at least 4 members (excludes halogenated alkanes) is 27. The number of aliphatic hydroxyl groups is 7. The van der Waals surface area contributed by atoms with Crippen LogP contribution in [0.4, 0.5) is 0 Å². The van der Waals surface area contributed by atoms with Gasteiger partial charge in [-0.2, -0.15) is 0 Å². The summed E-state index contributed by atoms with van der Waals surface area (Å²) in [6.45, 7) is 3.75. The van der Waals surface area contributed by atoms with Crippen LogP contribution < -0.4 is 5.32 Å². The van der Waals surface area contributed by atoms with E-state index in [0.29, 0.717) is 12.8 Å². The minimum atomic E-state index is -5.16. The van der Waals surface area contributed by atoms with E-state index in [1.165, 1.54) is 147 Å². The molecule has 1 fully saturated rings. The zero-order chi connectivity index (χ0) is 48.7. The third-order valence-electron chi connectivity index (χ3n) is 12.7. The van der Waals surface area contributed by atoms with E-state index in [1.54, 1.807) is 6.08 Å². The lowest BCUT2D eigenvalue weighted by Gasteiger charge is -2.41. The average molecular weight is 960 g/mol. The van der Waals surface area contributed by atoms with Gasteiger partial charge in [0, 0.05) is 0 Å². The summed E-state index contributed by atoms with van der Waals surface area (Å²) in [6, 6.07) is -1.26. The molecule has 0 saturated heterocycles. The van der Waals surface area contributed by atoms with Gasteiger partial charge in [0.2, 0.25) is 5.91 Å². The quantitative estimate of drug-likeness (QED) is 0.0158. The van der Waals surface area contributed by atoms with Crippen molar-refractivity contribution >= 4 is 13.7 Å². The van der Waals surface area contributed by atoms with Crippen molar-refractivity contribution in [2.45, 2.75) is 281 Å². The van der Waals surface area contributed by atoms with Gasteiger partial charge in [-0.3, -0.25) is 13.8 Å². The molecule has 0 aliphatic heterocycles. The van der Waals surface area contributed by atoms with Crippen LogP contribution in [-0.2, 0) is 18.4 Å². The molecule has 13 nitrogen and oxygen atoms in total. The fraction of sp³-hybridized carbons (Fsp3) is 0.865. The first kappa shape index (κ1) is 62.5. The Morgan fingerprint density at radius 1 is 0.530 bits per heavy atom. The van der Waals surface area contributed by atoms with Crippen LogP contribution >= 0.6 is 7.82 Å². The van der Waals surface area contributed by atoms with Crippen LogP contribution in [0.3, 0.4) is 0 Å². The molecule has 1 aliphatic carbocycles. The molecule has 14 heteroatoms. The first-order valence-corrected chi connectivity index (χ1v) is 28.0. The summed E-state index contributed by atoms with van der Waals surface area (Å²) in [5, 5.41) is 74.7. The van der Waals surface area contributed by atoms with Gasteiger partial charge in [0.15, 0.2) is 0 Å². The number of hydrogen-bond donors (Lipinski definition) is 9. The van der Waals surface area contributed by atoms with Gasteiger partial charge < -0.3 is 46.0 Å². The number of carbonyl (C=O) groups is 1. The summed E-state index contributed by atoms with van der Waals surface area (Å²) in [5.41, 5.74) is 0. The number of phosphoric ester groups is 1. The van der Waals surface area contributed by atoms with Gasteiger partial charge in [0.05, 0.1) is 31.3 Å². The molecular formula is C52H98NO12P. The highest BCUT2D eigenvalue weighted by Gasteiger charge is 2.51. The Kier molecular flexibility index (Phi) is 39.1. The fourth-order valence-corrected chi connectivity index (χ4v) is 9.34. The predicted octanol–water partition coefficient (Wildman–Crippen LogP) is 10.1. The summed E-state index contributed by atoms with van der Waals surface area (Å²) in [5.74, 6) is -0.610. The van der Waals surface area contributed by atoms with Crippen molar-refractivity contribution in [1.82, 2.24) is 5.32 Å². The maximum absolute atomic E-state index is 13.0. The van der Waals surface area contributed by atoms with E-state index in [2.05, 4.69) is 43.5 Å². The Hall–Kier alpha value is -1.48. The third kappa shape index (κ3) is 32.4. The van der Waals surface area contributed by atoms with E-state index in [4.69, 9.17) is 9.05 Å². The maximum atomic E-state index is 13.0. The number of amides is 1. The van der Waals surface area contributed by atoms with Crippen LogP contribution in [0.5, 0.6) is 0 Å². The summed E-state index contributed by atoms with van der Waals surface area (Å²) in [7, 11) is -5.16. The van der Waals surface area contributed by atoms with Crippen molar-refractivity contribution in [3.05, 3.63) is 36.5 Å². The number of rotatable bonds is 44. The van der Waals surface area contributed by atoms with E-state index in [9.17, 15) is 50.0 Å². The smallest absolute Gasteiger partial charge is 0.393 e. The number of allylic oxidation sites excluding steroid dienone is 5. The highest BCUT2D eigenvalue weighted by molar-refractivity contribution is 7.47. The molecule has 1 rings (SSSR count). The first-order valence-electron chi connectivity index (χ1n) is 26.5. The summed E-state index contributed by atoms with van der Waals surface area (Å²) in [6.07, 6.45) is 35.2. The van der Waals surface area contributed by atoms with E-state index in [1.807, 2.05) is 0 Å². The predicted molar refractivity (Wildman–Crippen MR) is 266 cm³/mol. The lowest BCUT2D eigenvalue weighted by molar-refractivity contribution is -0.220. The second-order valence-corrected chi connectivity index (χ2v) is 20.3. The molecule has 9 N–H and O–H groups in total. The molecule has 0 aromatic heterocycles. The Morgan fingerprint density at radius 2 is 0.894 bits per heavy atom. The van der Waals surface area contributed by atoms with Crippen molar-refractivity contribution in [3.8, 4) is 0 Å². The maximum Gasteiger partial charge on any atom is 0.472 e. The molecule has 0 radical (unpaired) electrons. The normalized spacial score (nSPS) is 22.6. The fourth-order valence-electron chi connectivity index (χ4n) is 8.37. The molecule has 0 bridgehead atoms. The topological polar surface area (TPSA) is 226 Å². The molecule has 0 aromatic carbocycles. The summed E-state index contributed by atoms with van der Waals surface area (Å²) in [4.78, 5) is 23.5. The molecule has 1 saturated carbocycles. The van der Waals surface area contributed by atoms with Gasteiger partial charge in [-0.25, -0.2) is 4.57 Å². The Morgan fingerprint density at radius 3 is 1.33 bits per heavy atom. The molecule has 8 atom stereocenters. The molecule has 0 heterocycles. The van der Waals surface area contributed by atoms with Gasteiger partial charge in [-0.05, 0) is 57.8 Å². The summed E-state index contributed by atoms with van der Waals surface area (Å²) < 4.78 is 22.9. The second-order valence-electron chi connectivity index (χ2n) is 18.9. The van der Waals surface area contributed by atoms with Gasteiger partial charge >= 0.3 is 7.82 Å². The van der Waals surface area contributed by atoms with Crippen molar-refractivity contribution in [2.24, 2.45) is 0 Å².